The van der Waals surface area contributed by atoms with Gasteiger partial charge >= 0.3 is 0 Å². The van der Waals surface area contributed by atoms with Gasteiger partial charge in [-0.15, -0.1) is 0 Å². The number of carbonyl (C=O) groups is 1. The number of halogens is 4. The van der Waals surface area contributed by atoms with E-state index in [0.717, 1.165) is 16.4 Å². The average molecular weight is 549 g/mol. The van der Waals surface area contributed by atoms with Gasteiger partial charge in [-0.2, -0.15) is 4.31 Å². The molecule has 0 spiro atoms. The van der Waals surface area contributed by atoms with Gasteiger partial charge in [-0.25, -0.2) is 17.2 Å². The second-order valence-electron chi connectivity index (χ2n) is 9.12. The van der Waals surface area contributed by atoms with Crippen molar-refractivity contribution in [2.45, 2.75) is 50.2 Å². The highest BCUT2D eigenvalue weighted by Crippen LogP contribution is 2.29. The van der Waals surface area contributed by atoms with Gasteiger partial charge in [-0.05, 0) is 49.6 Å². The number of carbonyl (C=O) groups excluding carboxylic acids is 1. The first kappa shape index (κ1) is 27.6. The van der Waals surface area contributed by atoms with Crippen molar-refractivity contribution in [3.8, 4) is 5.75 Å². The van der Waals surface area contributed by atoms with E-state index in [1.54, 1.807) is 32.0 Å². The van der Waals surface area contributed by atoms with Crippen LogP contribution in [0.2, 0.25) is 10.0 Å². The van der Waals surface area contributed by atoms with Crippen molar-refractivity contribution in [2.75, 3.05) is 19.7 Å². The Kier molecular flexibility index (Phi) is 9.01. The average Bonchev–Trinajstić information content (AvgIpc) is 2.80. The smallest absolute Gasteiger partial charge is 0.243 e. The third-order valence-electron chi connectivity index (χ3n) is 5.97. The van der Waals surface area contributed by atoms with Crippen LogP contribution in [0.4, 0.5) is 8.78 Å². The number of nitrogens with one attached hydrogen (secondary N) is 1. The van der Waals surface area contributed by atoms with Gasteiger partial charge in [0.15, 0.2) is 0 Å². The van der Waals surface area contributed by atoms with Crippen LogP contribution in [0.5, 0.6) is 5.75 Å². The molecule has 0 bridgehead atoms. The van der Waals surface area contributed by atoms with Crippen LogP contribution >= 0.6 is 23.2 Å². The predicted octanol–water partition coefficient (Wildman–Crippen LogP) is 5.24. The highest BCUT2D eigenvalue weighted by atomic mass is 35.5. The molecule has 1 aliphatic heterocycles. The lowest BCUT2D eigenvalue weighted by Crippen LogP contribution is -2.55. The molecule has 0 radical (unpaired) electrons. The van der Waals surface area contributed by atoms with Gasteiger partial charge in [0.25, 0.3) is 0 Å². The number of amides is 1. The number of piperidine rings is 1. The summed E-state index contributed by atoms with van der Waals surface area (Å²) in [5.74, 6) is -0.553. The number of hydrogen-bond donors (Lipinski definition) is 1. The van der Waals surface area contributed by atoms with Crippen molar-refractivity contribution in [2.24, 2.45) is 5.41 Å². The van der Waals surface area contributed by atoms with Crippen molar-refractivity contribution < 1.29 is 26.7 Å². The lowest BCUT2D eigenvalue weighted by molar-refractivity contribution is -0.131. The van der Waals surface area contributed by atoms with E-state index in [2.05, 4.69) is 5.32 Å². The van der Waals surface area contributed by atoms with E-state index >= 15 is 0 Å². The van der Waals surface area contributed by atoms with Crippen LogP contribution in [-0.4, -0.2) is 50.5 Å². The van der Waals surface area contributed by atoms with E-state index in [1.807, 2.05) is 0 Å². The van der Waals surface area contributed by atoms with E-state index in [9.17, 15) is 22.0 Å². The largest absolute Gasteiger partial charge is 0.492 e. The molecule has 192 valence electrons. The molecule has 1 amide bonds. The molecule has 2 aromatic carbocycles. The number of benzene rings is 2. The molecular formula is C24H28Cl2F2N2O4S. The molecule has 11 heteroatoms. The summed E-state index contributed by atoms with van der Waals surface area (Å²) in [6.45, 7) is 3.42. The molecule has 1 saturated heterocycles. The number of nitrogens with zero attached hydrogens (tertiary/aromatic N) is 1. The number of hydrogen-bond acceptors (Lipinski definition) is 4. The minimum absolute atomic E-state index is 0.0128. The second kappa shape index (κ2) is 11.4. The Bertz CT molecular complexity index is 1160. The molecular weight excluding hydrogens is 521 g/mol. The molecule has 0 aliphatic carbocycles. The maximum Gasteiger partial charge on any atom is 0.243 e. The summed E-state index contributed by atoms with van der Waals surface area (Å²) >= 11 is 12.0. The SMILES string of the molecule is CC(C)(CCCOc1cc(Cl)ccc1Cl)C(=O)N[C@@H]1CCN(S(=O)(=O)c2cccc(F)c2)C[C@H]1F. The number of alkyl halides is 1. The molecule has 1 heterocycles. The summed E-state index contributed by atoms with van der Waals surface area (Å²) in [7, 11) is -4.03. The lowest BCUT2D eigenvalue weighted by atomic mass is 9.86. The van der Waals surface area contributed by atoms with Crippen LogP contribution < -0.4 is 10.1 Å². The van der Waals surface area contributed by atoms with Crippen molar-refractivity contribution in [1.82, 2.24) is 9.62 Å². The van der Waals surface area contributed by atoms with Crippen LogP contribution in [0.15, 0.2) is 47.4 Å². The Labute approximate surface area is 214 Å². The maximum atomic E-state index is 14.9. The maximum absolute atomic E-state index is 14.9. The van der Waals surface area contributed by atoms with E-state index in [1.165, 1.54) is 12.1 Å². The number of rotatable bonds is 9. The van der Waals surface area contributed by atoms with Crippen LogP contribution in [0.3, 0.4) is 0 Å². The summed E-state index contributed by atoms with van der Waals surface area (Å²) in [4.78, 5) is 12.6. The first-order valence-corrected chi connectivity index (χ1v) is 13.4. The summed E-state index contributed by atoms with van der Waals surface area (Å²) in [6.07, 6.45) is -0.471. The van der Waals surface area contributed by atoms with Gasteiger partial charge in [0, 0.05) is 29.6 Å². The second-order valence-corrected chi connectivity index (χ2v) is 11.9. The fraction of sp³-hybridized carbons (Fsp3) is 0.458. The Morgan fingerprint density at radius 3 is 2.66 bits per heavy atom. The first-order chi connectivity index (χ1) is 16.4. The van der Waals surface area contributed by atoms with E-state index in [-0.39, 0.29) is 23.8 Å². The molecule has 6 nitrogen and oxygen atoms in total. The molecule has 1 fully saturated rings. The van der Waals surface area contributed by atoms with Gasteiger partial charge in [0.2, 0.25) is 15.9 Å². The molecule has 35 heavy (non-hydrogen) atoms. The highest BCUT2D eigenvalue weighted by molar-refractivity contribution is 7.89. The normalized spacial score (nSPS) is 19.4. The minimum atomic E-state index is -4.03. The Balaban J connectivity index is 1.50. The van der Waals surface area contributed by atoms with E-state index in [0.29, 0.717) is 35.2 Å². The Morgan fingerprint density at radius 2 is 1.97 bits per heavy atom. The predicted molar refractivity (Wildman–Crippen MR) is 132 cm³/mol. The summed E-state index contributed by atoms with van der Waals surface area (Å²) < 4.78 is 60.5. The highest BCUT2D eigenvalue weighted by Gasteiger charge is 2.38. The van der Waals surface area contributed by atoms with Crippen LogP contribution in [-0.2, 0) is 14.8 Å². The molecule has 2 aromatic rings. The summed E-state index contributed by atoms with van der Waals surface area (Å²) in [6, 6.07) is 8.70. The van der Waals surface area contributed by atoms with Crippen LogP contribution in [0.1, 0.15) is 33.1 Å². The third-order valence-corrected chi connectivity index (χ3v) is 8.37. The molecule has 3 rings (SSSR count). The van der Waals surface area contributed by atoms with Gasteiger partial charge in [-0.1, -0.05) is 43.1 Å². The number of sulfonamides is 1. The molecule has 1 aliphatic rings. The van der Waals surface area contributed by atoms with Gasteiger partial charge < -0.3 is 10.1 Å². The zero-order valence-corrected chi connectivity index (χ0v) is 21.8. The van der Waals surface area contributed by atoms with E-state index in [4.69, 9.17) is 27.9 Å². The molecule has 1 N–H and O–H groups in total. The van der Waals surface area contributed by atoms with Gasteiger partial charge in [-0.3, -0.25) is 4.79 Å². The van der Waals surface area contributed by atoms with Crippen LogP contribution in [0, 0.1) is 11.2 Å². The monoisotopic (exact) mass is 548 g/mol. The third kappa shape index (κ3) is 7.06. The topological polar surface area (TPSA) is 75.7 Å². The summed E-state index contributed by atoms with van der Waals surface area (Å²) in [5.41, 5.74) is -0.800. The standard InChI is InChI=1S/C24H28Cl2F2N2O4S/c1-24(2,10-4-12-34-22-13-16(25)7-8-19(22)26)23(31)29-21-9-11-30(15-20(21)28)35(32,33)18-6-3-5-17(27)14-18/h3,5-8,13-14,20-21H,4,9-12,15H2,1-2H3,(H,29,31)/t20-,21-/m1/s1. The minimum Gasteiger partial charge on any atom is -0.492 e. The molecule has 0 aromatic heterocycles. The van der Waals surface area contributed by atoms with Crippen molar-refractivity contribution in [1.29, 1.82) is 0 Å². The number of ether oxygens (including phenoxy) is 1. The van der Waals surface area contributed by atoms with E-state index < -0.39 is 40.0 Å². The lowest BCUT2D eigenvalue weighted by Gasteiger charge is -2.36. The fourth-order valence-electron chi connectivity index (χ4n) is 3.80. The molecule has 2 atom stereocenters. The summed E-state index contributed by atoms with van der Waals surface area (Å²) in [5, 5.41) is 3.67. The van der Waals surface area contributed by atoms with Crippen molar-refractivity contribution in [3.63, 3.8) is 0 Å². The molecule has 0 saturated carbocycles. The van der Waals surface area contributed by atoms with Gasteiger partial charge in [0.1, 0.15) is 17.7 Å². The quantitative estimate of drug-likeness (QED) is 0.435. The first-order valence-electron chi connectivity index (χ1n) is 11.2. The van der Waals surface area contributed by atoms with Crippen molar-refractivity contribution >= 4 is 39.1 Å². The Morgan fingerprint density at radius 1 is 1.23 bits per heavy atom. The van der Waals surface area contributed by atoms with Crippen LogP contribution in [0.25, 0.3) is 0 Å². The fourth-order valence-corrected chi connectivity index (χ4v) is 5.62. The zero-order chi connectivity index (χ0) is 25.8. The Hall–Kier alpha value is -1.94. The van der Waals surface area contributed by atoms with Gasteiger partial charge in [0.05, 0.1) is 22.6 Å². The zero-order valence-electron chi connectivity index (χ0n) is 19.4. The molecule has 0 unspecified atom stereocenters. The van der Waals surface area contributed by atoms with Crippen molar-refractivity contribution in [3.05, 3.63) is 58.3 Å².